The van der Waals surface area contributed by atoms with Gasteiger partial charge in [-0.05, 0) is 72.5 Å². The predicted molar refractivity (Wildman–Crippen MR) is 130 cm³/mol. The maximum Gasteiger partial charge on any atom is 0.339 e. The van der Waals surface area contributed by atoms with Crippen LogP contribution in [0.4, 0.5) is 14.9 Å². The first kappa shape index (κ1) is 25.5. The minimum atomic E-state index is -4.09. The van der Waals surface area contributed by atoms with Crippen LogP contribution in [0.2, 0.25) is 0 Å². The van der Waals surface area contributed by atoms with Gasteiger partial charge in [-0.2, -0.15) is 8.42 Å². The summed E-state index contributed by atoms with van der Waals surface area (Å²) in [6.07, 6.45) is 1.98. The minimum absolute atomic E-state index is 0.106. The van der Waals surface area contributed by atoms with E-state index in [0.29, 0.717) is 18.8 Å². The van der Waals surface area contributed by atoms with E-state index >= 15 is 0 Å². The first-order valence-electron chi connectivity index (χ1n) is 10.3. The van der Waals surface area contributed by atoms with Gasteiger partial charge in [0, 0.05) is 30.8 Å². The molecule has 1 N–H and O–H groups in total. The number of nitrogens with one attached hydrogen (secondary N) is 1. The third kappa shape index (κ3) is 7.21. The number of urea groups is 1. The number of rotatable bonds is 10. The van der Waals surface area contributed by atoms with Crippen molar-refractivity contribution < 1.29 is 26.5 Å². The summed E-state index contributed by atoms with van der Waals surface area (Å²) in [5.74, 6) is -0.433. The highest BCUT2D eigenvalue weighted by molar-refractivity contribution is 7.98. The van der Waals surface area contributed by atoms with E-state index in [1.54, 1.807) is 35.9 Å². The van der Waals surface area contributed by atoms with E-state index in [4.69, 9.17) is 8.92 Å². The van der Waals surface area contributed by atoms with E-state index in [1.165, 1.54) is 12.1 Å². The first-order valence-corrected chi connectivity index (χ1v) is 12.9. The lowest BCUT2D eigenvalue weighted by Crippen LogP contribution is -2.36. The van der Waals surface area contributed by atoms with Crippen molar-refractivity contribution in [3.05, 3.63) is 84.2 Å². The maximum absolute atomic E-state index is 13.1. The predicted octanol–water partition coefficient (Wildman–Crippen LogP) is 5.00. The summed E-state index contributed by atoms with van der Waals surface area (Å²) in [4.78, 5) is 15.4. The second-order valence-electron chi connectivity index (χ2n) is 7.21. The number of halogens is 1. The quantitative estimate of drug-likeness (QED) is 0.309. The molecule has 0 saturated heterocycles. The van der Waals surface area contributed by atoms with Crippen LogP contribution in [0.1, 0.15) is 5.56 Å². The van der Waals surface area contributed by atoms with E-state index in [2.05, 4.69) is 5.32 Å². The molecule has 3 rings (SSSR count). The van der Waals surface area contributed by atoms with Gasteiger partial charge in [0.15, 0.2) is 0 Å². The molecule has 0 bridgehead atoms. The van der Waals surface area contributed by atoms with Gasteiger partial charge in [-0.15, -0.1) is 11.8 Å². The molecule has 0 spiro atoms. The topological polar surface area (TPSA) is 84.9 Å². The molecule has 7 nitrogen and oxygen atoms in total. The molecule has 180 valence electrons. The Labute approximate surface area is 203 Å². The van der Waals surface area contributed by atoms with Crippen LogP contribution in [0.25, 0.3) is 0 Å². The van der Waals surface area contributed by atoms with Gasteiger partial charge in [-0.25, -0.2) is 9.18 Å². The summed E-state index contributed by atoms with van der Waals surface area (Å²) in [6, 6.07) is 18.0. The third-order valence-corrected chi connectivity index (χ3v) is 6.80. The van der Waals surface area contributed by atoms with Crippen LogP contribution in [-0.4, -0.2) is 45.9 Å². The third-order valence-electron chi connectivity index (χ3n) is 4.80. The van der Waals surface area contributed by atoms with Gasteiger partial charge >= 0.3 is 16.1 Å². The Morgan fingerprint density at radius 2 is 1.65 bits per heavy atom. The first-order chi connectivity index (χ1) is 16.3. The largest absolute Gasteiger partial charge is 0.383 e. The molecular weight excluding hydrogens is 479 g/mol. The number of nitrogens with zero attached hydrogens (tertiary/aromatic N) is 1. The molecule has 0 aliphatic rings. The van der Waals surface area contributed by atoms with Gasteiger partial charge in [0.25, 0.3) is 0 Å². The molecule has 0 unspecified atom stereocenters. The van der Waals surface area contributed by atoms with Crippen molar-refractivity contribution in [3.63, 3.8) is 0 Å². The van der Waals surface area contributed by atoms with Crippen LogP contribution in [0.3, 0.4) is 0 Å². The van der Waals surface area contributed by atoms with Crippen LogP contribution in [0, 0.1) is 5.82 Å². The molecule has 0 heterocycles. The zero-order valence-corrected chi connectivity index (χ0v) is 20.4. The number of hydrogen-bond donors (Lipinski definition) is 1. The molecule has 0 aromatic heterocycles. The number of amides is 2. The molecule has 10 heteroatoms. The highest BCUT2D eigenvalue weighted by Crippen LogP contribution is 2.21. The van der Waals surface area contributed by atoms with Gasteiger partial charge in [0.1, 0.15) is 16.5 Å². The van der Waals surface area contributed by atoms with Crippen molar-refractivity contribution in [2.75, 3.05) is 31.8 Å². The number of carbonyl (C=O) groups is 1. The second kappa shape index (κ2) is 11.9. The molecular formula is C24H25FN2O5S2. The molecule has 0 saturated carbocycles. The standard InChI is InChI=1S/C24H25FN2O5S2/c1-31-16-15-27(24(28)26-20-7-11-22(33-2)12-8-20)17-18-3-9-21(10-4-18)32-34(29,30)23-13-5-19(25)6-14-23/h3-14H,15-17H2,1-2H3,(H,26,28). The molecule has 0 aliphatic carbocycles. The van der Waals surface area contributed by atoms with Crippen molar-refractivity contribution in [2.45, 2.75) is 16.3 Å². The SMILES string of the molecule is COCCN(Cc1ccc(OS(=O)(=O)c2ccc(F)cc2)cc1)C(=O)Nc1ccc(SC)cc1. The van der Waals surface area contributed by atoms with Crippen molar-refractivity contribution in [2.24, 2.45) is 0 Å². The van der Waals surface area contributed by atoms with E-state index < -0.39 is 15.9 Å². The fraction of sp³-hybridized carbons (Fsp3) is 0.208. The smallest absolute Gasteiger partial charge is 0.339 e. The summed E-state index contributed by atoms with van der Waals surface area (Å²) >= 11 is 1.62. The van der Waals surface area contributed by atoms with Crippen LogP contribution in [0.15, 0.2) is 82.6 Å². The zero-order chi connectivity index (χ0) is 24.6. The number of carbonyl (C=O) groups excluding carboxylic acids is 1. The molecule has 2 amide bonds. The molecule has 3 aromatic rings. The Bertz CT molecular complexity index is 1190. The maximum atomic E-state index is 13.1. The van der Waals surface area contributed by atoms with Crippen LogP contribution in [0.5, 0.6) is 5.75 Å². The van der Waals surface area contributed by atoms with Gasteiger partial charge < -0.3 is 19.1 Å². The highest BCUT2D eigenvalue weighted by atomic mass is 32.2. The lowest BCUT2D eigenvalue weighted by atomic mass is 10.2. The Hall–Kier alpha value is -3.08. The Morgan fingerprint density at radius 3 is 2.24 bits per heavy atom. The van der Waals surface area contributed by atoms with Crippen LogP contribution < -0.4 is 9.50 Å². The number of hydrogen-bond acceptors (Lipinski definition) is 6. The van der Waals surface area contributed by atoms with E-state index in [-0.39, 0.29) is 23.2 Å². The monoisotopic (exact) mass is 504 g/mol. The molecule has 0 atom stereocenters. The van der Waals surface area contributed by atoms with E-state index in [0.717, 1.165) is 34.7 Å². The van der Waals surface area contributed by atoms with E-state index in [9.17, 15) is 17.6 Å². The van der Waals surface area contributed by atoms with E-state index in [1.807, 2.05) is 30.5 Å². The van der Waals surface area contributed by atoms with Crippen molar-refractivity contribution in [1.82, 2.24) is 4.90 Å². The minimum Gasteiger partial charge on any atom is -0.383 e. The van der Waals surface area contributed by atoms with Gasteiger partial charge in [0.05, 0.1) is 6.61 Å². The number of benzene rings is 3. The Balaban J connectivity index is 1.66. The average Bonchev–Trinajstić information content (AvgIpc) is 2.83. The molecule has 3 aromatic carbocycles. The number of methoxy groups -OCH3 is 1. The Kier molecular flexibility index (Phi) is 8.91. The zero-order valence-electron chi connectivity index (χ0n) is 18.7. The number of thioether (sulfide) groups is 1. The summed E-state index contributed by atoms with van der Waals surface area (Å²) in [5, 5.41) is 2.88. The van der Waals surface area contributed by atoms with Gasteiger partial charge in [-0.3, -0.25) is 0 Å². The normalized spacial score (nSPS) is 11.1. The Morgan fingerprint density at radius 1 is 1.00 bits per heavy atom. The number of ether oxygens (including phenoxy) is 1. The van der Waals surface area contributed by atoms with Crippen LogP contribution in [-0.2, 0) is 21.4 Å². The highest BCUT2D eigenvalue weighted by Gasteiger charge is 2.18. The lowest BCUT2D eigenvalue weighted by molar-refractivity contribution is 0.153. The summed E-state index contributed by atoms with van der Waals surface area (Å²) < 4.78 is 48.1. The summed E-state index contributed by atoms with van der Waals surface area (Å²) in [6.45, 7) is 1.00. The van der Waals surface area contributed by atoms with Crippen LogP contribution >= 0.6 is 11.8 Å². The molecule has 0 radical (unpaired) electrons. The fourth-order valence-electron chi connectivity index (χ4n) is 2.98. The second-order valence-corrected chi connectivity index (χ2v) is 9.63. The average molecular weight is 505 g/mol. The van der Waals surface area contributed by atoms with Crippen molar-refractivity contribution in [3.8, 4) is 5.75 Å². The molecule has 34 heavy (non-hydrogen) atoms. The summed E-state index contributed by atoms with van der Waals surface area (Å²) in [5.41, 5.74) is 1.45. The lowest BCUT2D eigenvalue weighted by Gasteiger charge is -2.23. The van der Waals surface area contributed by atoms with Crippen molar-refractivity contribution in [1.29, 1.82) is 0 Å². The van der Waals surface area contributed by atoms with Crippen molar-refractivity contribution >= 4 is 33.6 Å². The van der Waals surface area contributed by atoms with Gasteiger partial charge in [0.2, 0.25) is 0 Å². The fourth-order valence-corrected chi connectivity index (χ4v) is 4.32. The number of anilines is 1. The van der Waals surface area contributed by atoms with Gasteiger partial charge in [-0.1, -0.05) is 12.1 Å². The summed E-state index contributed by atoms with van der Waals surface area (Å²) in [7, 11) is -2.53. The molecule has 0 fully saturated rings. The molecule has 0 aliphatic heterocycles.